The van der Waals surface area contributed by atoms with Gasteiger partial charge in [-0.2, -0.15) is 0 Å². The molecule has 0 aliphatic carbocycles. The van der Waals surface area contributed by atoms with Crippen molar-refractivity contribution in [3.63, 3.8) is 0 Å². The lowest BCUT2D eigenvalue weighted by molar-refractivity contribution is -0.384. The quantitative estimate of drug-likeness (QED) is 0.0398. The summed E-state index contributed by atoms with van der Waals surface area (Å²) >= 11 is 1.59. The average molecular weight is 776 g/mol. The molecule has 0 radical (unpaired) electrons. The van der Waals surface area contributed by atoms with Gasteiger partial charge in [0.05, 0.1) is 16.4 Å². The summed E-state index contributed by atoms with van der Waals surface area (Å²) in [5.74, 6) is 7.23. The van der Waals surface area contributed by atoms with E-state index in [4.69, 9.17) is 4.74 Å². The van der Waals surface area contributed by atoms with Crippen LogP contribution >= 0.6 is 11.8 Å². The molecule has 55 heavy (non-hydrogen) atoms. The first kappa shape index (κ1) is 38.9. The number of piperazine rings is 1. The van der Waals surface area contributed by atoms with E-state index in [9.17, 15) is 23.3 Å². The van der Waals surface area contributed by atoms with Crippen LogP contribution in [0.15, 0.2) is 131 Å². The van der Waals surface area contributed by atoms with Crippen LogP contribution in [0.3, 0.4) is 0 Å². The predicted octanol–water partition coefficient (Wildman–Crippen LogP) is 7.04. The molecule has 1 amide bonds. The zero-order valence-corrected chi connectivity index (χ0v) is 31.9. The van der Waals surface area contributed by atoms with Crippen molar-refractivity contribution < 1.29 is 22.9 Å². The second kappa shape index (κ2) is 18.5. The number of hydrogen-bond donors (Lipinski definition) is 2. The summed E-state index contributed by atoms with van der Waals surface area (Å²) in [7, 11) is -4.39. The van der Waals surface area contributed by atoms with E-state index < -0.39 is 26.5 Å². The molecule has 6 rings (SSSR count). The Bertz CT molecular complexity index is 2290. The third-order valence-electron chi connectivity index (χ3n) is 8.90. The van der Waals surface area contributed by atoms with Gasteiger partial charge in [0, 0.05) is 78.4 Å². The Morgan fingerprint density at radius 1 is 0.873 bits per heavy atom. The van der Waals surface area contributed by atoms with Crippen molar-refractivity contribution in [2.45, 2.75) is 23.3 Å². The molecule has 1 heterocycles. The highest BCUT2D eigenvalue weighted by atomic mass is 32.2. The normalized spacial score (nSPS) is 13.0. The number of nitro benzene ring substituents is 1. The van der Waals surface area contributed by atoms with Crippen molar-refractivity contribution in [3.8, 4) is 17.6 Å². The van der Waals surface area contributed by atoms with E-state index in [0.29, 0.717) is 18.9 Å². The summed E-state index contributed by atoms with van der Waals surface area (Å²) < 4.78 is 34.0. The summed E-state index contributed by atoms with van der Waals surface area (Å²) in [6.45, 7) is 6.94. The fourth-order valence-corrected chi connectivity index (χ4v) is 7.85. The Labute approximate surface area is 325 Å². The van der Waals surface area contributed by atoms with Gasteiger partial charge in [-0.25, -0.2) is 13.1 Å². The van der Waals surface area contributed by atoms with Crippen LogP contribution in [0.1, 0.15) is 34.0 Å². The predicted molar refractivity (Wildman–Crippen MR) is 217 cm³/mol. The zero-order chi connectivity index (χ0) is 38.6. The molecule has 282 valence electrons. The Balaban J connectivity index is 1.01. The van der Waals surface area contributed by atoms with Gasteiger partial charge in [-0.15, -0.1) is 11.8 Å². The van der Waals surface area contributed by atoms with Gasteiger partial charge in [0.25, 0.3) is 21.6 Å². The van der Waals surface area contributed by atoms with Gasteiger partial charge >= 0.3 is 0 Å². The minimum absolute atomic E-state index is 0.150. The van der Waals surface area contributed by atoms with Crippen LogP contribution in [-0.4, -0.2) is 69.2 Å². The number of nitrogens with zero attached hydrogens (tertiary/aromatic N) is 3. The molecule has 0 bridgehead atoms. The molecule has 1 aliphatic heterocycles. The van der Waals surface area contributed by atoms with Gasteiger partial charge < -0.3 is 15.0 Å². The number of sulfonamides is 1. The minimum Gasteiger partial charge on any atom is -0.494 e. The molecule has 1 saturated heterocycles. The Kier molecular flexibility index (Phi) is 13.1. The molecule has 0 spiro atoms. The number of anilines is 2. The van der Waals surface area contributed by atoms with Crippen LogP contribution in [0, 0.1) is 22.0 Å². The fraction of sp³-hybridized carbons (Fsp3) is 0.214. The minimum atomic E-state index is -4.39. The summed E-state index contributed by atoms with van der Waals surface area (Å²) in [6.07, 6.45) is 0. The largest absolute Gasteiger partial charge is 0.494 e. The maximum atomic E-state index is 13.1. The van der Waals surface area contributed by atoms with E-state index in [1.165, 1.54) is 12.1 Å². The number of ether oxygens (including phenoxy) is 1. The number of hydrogen-bond acceptors (Lipinski definition) is 10. The maximum absolute atomic E-state index is 13.1. The van der Waals surface area contributed by atoms with E-state index in [2.05, 4.69) is 37.7 Å². The lowest BCUT2D eigenvalue weighted by atomic mass is 10.1. The standard InChI is InChI=1S/C42H41N5O6S2/c1-2-53-37-12-8-9-32(29-37)15-16-33-10-6-7-11-35(33)31-45-24-26-46(27-25-45)36-19-17-34(18-20-36)42(48)44-55(51,52)39-21-22-40(41(30-39)47(49)50)43-23-28-54-38-13-4-3-5-14-38/h3-14,17-22,29-30,43H,2,23-28,31H2,1H3,(H,44,48). The molecule has 5 aromatic rings. The van der Waals surface area contributed by atoms with Crippen LogP contribution in [-0.2, 0) is 16.6 Å². The Hall–Kier alpha value is -5.81. The molecule has 11 nitrogen and oxygen atoms in total. The lowest BCUT2D eigenvalue weighted by Gasteiger charge is -2.36. The molecular weight excluding hydrogens is 735 g/mol. The van der Waals surface area contributed by atoms with E-state index in [1.807, 2.05) is 79.7 Å². The third kappa shape index (κ3) is 10.7. The monoisotopic (exact) mass is 775 g/mol. The van der Waals surface area contributed by atoms with Gasteiger partial charge in [0.2, 0.25) is 0 Å². The molecule has 13 heteroatoms. The van der Waals surface area contributed by atoms with E-state index >= 15 is 0 Å². The number of amides is 1. The van der Waals surface area contributed by atoms with Crippen molar-refractivity contribution in [3.05, 3.63) is 154 Å². The molecule has 1 fully saturated rings. The topological polar surface area (TPSA) is 134 Å². The number of carbonyl (C=O) groups is 1. The third-order valence-corrected chi connectivity index (χ3v) is 11.2. The van der Waals surface area contributed by atoms with Gasteiger partial charge in [0.1, 0.15) is 11.4 Å². The summed E-state index contributed by atoms with van der Waals surface area (Å²) in [5, 5.41) is 14.8. The van der Waals surface area contributed by atoms with Gasteiger partial charge in [-0.1, -0.05) is 54.3 Å². The van der Waals surface area contributed by atoms with E-state index in [1.54, 1.807) is 36.0 Å². The van der Waals surface area contributed by atoms with Crippen molar-refractivity contribution >= 4 is 44.8 Å². The van der Waals surface area contributed by atoms with Crippen LogP contribution in [0.5, 0.6) is 5.75 Å². The molecule has 0 atom stereocenters. The molecule has 2 N–H and O–H groups in total. The Morgan fingerprint density at radius 2 is 1.62 bits per heavy atom. The van der Waals surface area contributed by atoms with Gasteiger partial charge in [0.15, 0.2) is 0 Å². The van der Waals surface area contributed by atoms with Crippen LogP contribution in [0.25, 0.3) is 0 Å². The summed E-state index contributed by atoms with van der Waals surface area (Å²) in [6, 6.07) is 36.0. The van der Waals surface area contributed by atoms with Crippen molar-refractivity contribution in [1.29, 1.82) is 0 Å². The lowest BCUT2D eigenvalue weighted by Crippen LogP contribution is -2.46. The molecule has 0 aromatic heterocycles. The van der Waals surface area contributed by atoms with E-state index in [0.717, 1.165) is 71.8 Å². The first-order valence-corrected chi connectivity index (χ1v) is 20.3. The van der Waals surface area contributed by atoms with Crippen molar-refractivity contribution in [1.82, 2.24) is 9.62 Å². The number of nitrogens with one attached hydrogen (secondary N) is 2. The van der Waals surface area contributed by atoms with Gasteiger partial charge in [-0.05, 0) is 85.3 Å². The van der Waals surface area contributed by atoms with Crippen LogP contribution < -0.4 is 19.7 Å². The SMILES string of the molecule is CCOc1cccc(C#Cc2ccccc2CN2CCN(c3ccc(C(=O)NS(=O)(=O)c4ccc(NCCSc5ccccc5)c([N+](=O)[O-])c4)cc3)CC2)c1. The zero-order valence-electron chi connectivity index (χ0n) is 30.3. The van der Waals surface area contributed by atoms with Crippen molar-refractivity contribution in [2.75, 3.05) is 55.3 Å². The number of benzene rings is 5. The first-order chi connectivity index (χ1) is 26.7. The highest BCUT2D eigenvalue weighted by Crippen LogP contribution is 2.28. The molecule has 1 aliphatic rings. The fourth-order valence-electron chi connectivity index (χ4n) is 6.07. The number of thioether (sulfide) groups is 1. The smallest absolute Gasteiger partial charge is 0.293 e. The number of carbonyl (C=O) groups excluding carboxylic acids is 1. The second-order valence-corrected chi connectivity index (χ2v) is 15.5. The number of rotatable bonds is 14. The van der Waals surface area contributed by atoms with Crippen LogP contribution in [0.4, 0.5) is 17.1 Å². The summed E-state index contributed by atoms with van der Waals surface area (Å²) in [5.41, 5.74) is 3.90. The van der Waals surface area contributed by atoms with Crippen molar-refractivity contribution in [2.24, 2.45) is 0 Å². The highest BCUT2D eigenvalue weighted by Gasteiger charge is 2.24. The molecule has 0 unspecified atom stereocenters. The highest BCUT2D eigenvalue weighted by molar-refractivity contribution is 7.99. The average Bonchev–Trinajstić information content (AvgIpc) is 3.20. The maximum Gasteiger partial charge on any atom is 0.293 e. The van der Waals surface area contributed by atoms with Gasteiger partial charge in [-0.3, -0.25) is 19.8 Å². The Morgan fingerprint density at radius 3 is 2.36 bits per heavy atom. The van der Waals surface area contributed by atoms with Crippen LogP contribution in [0.2, 0.25) is 0 Å². The first-order valence-electron chi connectivity index (χ1n) is 17.9. The molecule has 0 saturated carbocycles. The van der Waals surface area contributed by atoms with E-state index in [-0.39, 0.29) is 16.1 Å². The molecular formula is C42H41N5O6S2. The number of nitro groups is 1. The summed E-state index contributed by atoms with van der Waals surface area (Å²) in [4.78, 5) is 29.5. The second-order valence-electron chi connectivity index (χ2n) is 12.6. The molecule has 5 aromatic carbocycles.